The molecule has 0 saturated carbocycles. The van der Waals surface area contributed by atoms with Crippen molar-refractivity contribution in [2.75, 3.05) is 39.3 Å². The number of aliphatic hydroxyl groups is 1. The lowest BCUT2D eigenvalue weighted by molar-refractivity contribution is -0.148. The number of hydrogen-bond donors (Lipinski definition) is 1. The Bertz CT molecular complexity index is 300. The molecule has 0 aromatic rings. The van der Waals surface area contributed by atoms with Gasteiger partial charge in [-0.25, -0.2) is 0 Å². The first kappa shape index (κ1) is 14.8. The van der Waals surface area contributed by atoms with E-state index in [-0.39, 0.29) is 12.0 Å². The first-order chi connectivity index (χ1) is 8.96. The molecular formula is C14H26N2O3. The highest BCUT2D eigenvalue weighted by atomic mass is 16.5. The van der Waals surface area contributed by atoms with Crippen molar-refractivity contribution in [1.29, 1.82) is 0 Å². The summed E-state index contributed by atoms with van der Waals surface area (Å²) < 4.78 is 5.56. The van der Waals surface area contributed by atoms with Gasteiger partial charge in [0.1, 0.15) is 6.10 Å². The van der Waals surface area contributed by atoms with Crippen LogP contribution in [0, 0.1) is 0 Å². The van der Waals surface area contributed by atoms with Crippen molar-refractivity contribution in [3.8, 4) is 0 Å². The number of amides is 1. The molecule has 19 heavy (non-hydrogen) atoms. The molecule has 2 rings (SSSR count). The first-order valence-corrected chi connectivity index (χ1v) is 7.31. The number of piperazine rings is 1. The molecule has 0 radical (unpaired) electrons. The number of hydrogen-bond acceptors (Lipinski definition) is 4. The fourth-order valence-corrected chi connectivity index (χ4v) is 2.81. The normalized spacial score (nSPS) is 26.5. The summed E-state index contributed by atoms with van der Waals surface area (Å²) >= 11 is 0. The van der Waals surface area contributed by atoms with Crippen LogP contribution in [0.2, 0.25) is 0 Å². The third kappa shape index (κ3) is 4.44. The van der Waals surface area contributed by atoms with Crippen molar-refractivity contribution in [1.82, 2.24) is 9.80 Å². The molecule has 110 valence electrons. The summed E-state index contributed by atoms with van der Waals surface area (Å²) in [7, 11) is 0. The highest BCUT2D eigenvalue weighted by Crippen LogP contribution is 2.16. The summed E-state index contributed by atoms with van der Waals surface area (Å²) in [5, 5.41) is 9.81. The molecule has 2 aliphatic heterocycles. The Morgan fingerprint density at radius 3 is 2.47 bits per heavy atom. The quantitative estimate of drug-likeness (QED) is 0.810. The number of β-amino-alcohol motifs (C(OH)–C–C–N with tert-alkyl or cyclic N) is 1. The van der Waals surface area contributed by atoms with E-state index in [4.69, 9.17) is 4.74 Å². The van der Waals surface area contributed by atoms with Crippen molar-refractivity contribution >= 4 is 5.91 Å². The maximum atomic E-state index is 12.3. The minimum absolute atomic E-state index is 0.155. The van der Waals surface area contributed by atoms with Crippen LogP contribution < -0.4 is 0 Å². The van der Waals surface area contributed by atoms with E-state index in [1.807, 2.05) is 18.7 Å². The molecule has 1 atom stereocenters. The SMILES string of the molecule is CC(C)(O)CN1CCN(C(=O)C2CCCCO2)CC1. The molecule has 0 bridgehead atoms. The summed E-state index contributed by atoms with van der Waals surface area (Å²) in [6.45, 7) is 8.18. The summed E-state index contributed by atoms with van der Waals surface area (Å²) in [5.41, 5.74) is -0.668. The van der Waals surface area contributed by atoms with Crippen molar-refractivity contribution in [3.63, 3.8) is 0 Å². The molecule has 0 spiro atoms. The fourth-order valence-electron chi connectivity index (χ4n) is 2.81. The van der Waals surface area contributed by atoms with E-state index in [1.165, 1.54) is 0 Å². The van der Waals surface area contributed by atoms with Crippen molar-refractivity contribution in [2.45, 2.75) is 44.8 Å². The zero-order chi connectivity index (χ0) is 13.9. The van der Waals surface area contributed by atoms with E-state index in [1.54, 1.807) is 0 Å². The van der Waals surface area contributed by atoms with Gasteiger partial charge in [-0.1, -0.05) is 0 Å². The van der Waals surface area contributed by atoms with Gasteiger partial charge in [-0.2, -0.15) is 0 Å². The number of rotatable bonds is 3. The van der Waals surface area contributed by atoms with E-state index in [0.717, 1.165) is 52.0 Å². The van der Waals surface area contributed by atoms with Crippen molar-refractivity contribution < 1.29 is 14.6 Å². The van der Waals surface area contributed by atoms with E-state index in [9.17, 15) is 9.90 Å². The smallest absolute Gasteiger partial charge is 0.251 e. The lowest BCUT2D eigenvalue weighted by Gasteiger charge is -2.38. The van der Waals surface area contributed by atoms with Gasteiger partial charge in [0.15, 0.2) is 0 Å². The highest BCUT2D eigenvalue weighted by molar-refractivity contribution is 5.81. The monoisotopic (exact) mass is 270 g/mol. The summed E-state index contributed by atoms with van der Waals surface area (Å²) in [6.07, 6.45) is 2.82. The third-order valence-corrected chi connectivity index (χ3v) is 3.75. The molecule has 2 saturated heterocycles. The van der Waals surface area contributed by atoms with Gasteiger partial charge in [-0.3, -0.25) is 9.69 Å². The van der Waals surface area contributed by atoms with Gasteiger partial charge in [0, 0.05) is 39.3 Å². The predicted molar refractivity (Wildman–Crippen MR) is 72.9 cm³/mol. The molecule has 1 unspecified atom stereocenters. The Morgan fingerprint density at radius 2 is 1.95 bits per heavy atom. The summed E-state index contributed by atoms with van der Waals surface area (Å²) in [6, 6.07) is 0. The van der Waals surface area contributed by atoms with E-state index in [0.29, 0.717) is 6.54 Å². The van der Waals surface area contributed by atoms with Gasteiger partial charge in [0.25, 0.3) is 5.91 Å². The largest absolute Gasteiger partial charge is 0.389 e. The molecule has 2 heterocycles. The number of ether oxygens (including phenoxy) is 1. The zero-order valence-electron chi connectivity index (χ0n) is 12.1. The standard InChI is InChI=1S/C14H26N2O3/c1-14(2,18)11-15-6-8-16(9-7-15)13(17)12-5-3-4-10-19-12/h12,18H,3-11H2,1-2H3. The van der Waals surface area contributed by atoms with Crippen molar-refractivity contribution in [3.05, 3.63) is 0 Å². The second kappa shape index (κ2) is 6.20. The first-order valence-electron chi connectivity index (χ1n) is 7.31. The Balaban J connectivity index is 1.77. The van der Waals surface area contributed by atoms with Crippen LogP contribution in [0.3, 0.4) is 0 Å². The van der Waals surface area contributed by atoms with Gasteiger partial charge in [-0.05, 0) is 33.1 Å². The molecular weight excluding hydrogens is 244 g/mol. The number of carbonyl (C=O) groups is 1. The molecule has 1 N–H and O–H groups in total. The molecule has 2 fully saturated rings. The fraction of sp³-hybridized carbons (Fsp3) is 0.929. The van der Waals surface area contributed by atoms with Gasteiger partial charge >= 0.3 is 0 Å². The van der Waals surface area contributed by atoms with Crippen LogP contribution in [0.5, 0.6) is 0 Å². The maximum Gasteiger partial charge on any atom is 0.251 e. The maximum absolute atomic E-state index is 12.3. The Labute approximate surface area is 115 Å². The van der Waals surface area contributed by atoms with Crippen LogP contribution in [0.4, 0.5) is 0 Å². The Kier molecular flexibility index (Phi) is 4.81. The molecule has 0 aromatic carbocycles. The Hall–Kier alpha value is -0.650. The number of nitrogens with zero attached hydrogens (tertiary/aromatic N) is 2. The van der Waals surface area contributed by atoms with Crippen LogP contribution in [0.1, 0.15) is 33.1 Å². The van der Waals surface area contributed by atoms with Crippen LogP contribution in [-0.4, -0.2) is 71.8 Å². The Morgan fingerprint density at radius 1 is 1.26 bits per heavy atom. The van der Waals surface area contributed by atoms with Gasteiger partial charge in [0.2, 0.25) is 0 Å². The minimum atomic E-state index is -0.668. The van der Waals surface area contributed by atoms with Crippen LogP contribution in [-0.2, 0) is 9.53 Å². The van der Waals surface area contributed by atoms with Crippen LogP contribution in [0.25, 0.3) is 0 Å². The second-order valence-corrected chi connectivity index (χ2v) is 6.27. The van der Waals surface area contributed by atoms with E-state index < -0.39 is 5.60 Å². The number of carbonyl (C=O) groups excluding carboxylic acids is 1. The van der Waals surface area contributed by atoms with Crippen molar-refractivity contribution in [2.24, 2.45) is 0 Å². The van der Waals surface area contributed by atoms with E-state index >= 15 is 0 Å². The van der Waals surface area contributed by atoms with Gasteiger partial charge in [-0.15, -0.1) is 0 Å². The summed E-state index contributed by atoms with van der Waals surface area (Å²) in [5.74, 6) is 0.155. The molecule has 0 aromatic heterocycles. The second-order valence-electron chi connectivity index (χ2n) is 6.27. The molecule has 5 nitrogen and oxygen atoms in total. The summed E-state index contributed by atoms with van der Waals surface area (Å²) in [4.78, 5) is 16.4. The van der Waals surface area contributed by atoms with Gasteiger partial charge in [0.05, 0.1) is 5.60 Å². The average Bonchev–Trinajstić information content (AvgIpc) is 2.38. The molecule has 2 aliphatic rings. The van der Waals surface area contributed by atoms with Crippen LogP contribution in [0.15, 0.2) is 0 Å². The average molecular weight is 270 g/mol. The highest BCUT2D eigenvalue weighted by Gasteiger charge is 2.30. The molecule has 5 heteroatoms. The lowest BCUT2D eigenvalue weighted by Crippen LogP contribution is -2.54. The van der Waals surface area contributed by atoms with Gasteiger partial charge < -0.3 is 14.7 Å². The van der Waals surface area contributed by atoms with E-state index in [2.05, 4.69) is 4.90 Å². The topological polar surface area (TPSA) is 53.0 Å². The molecule has 0 aliphatic carbocycles. The van der Waals surface area contributed by atoms with Crippen LogP contribution >= 0.6 is 0 Å². The molecule has 1 amide bonds. The lowest BCUT2D eigenvalue weighted by atomic mass is 10.1. The predicted octanol–water partition coefficient (Wildman–Crippen LogP) is 0.471. The zero-order valence-corrected chi connectivity index (χ0v) is 12.1. The third-order valence-electron chi connectivity index (χ3n) is 3.75. The minimum Gasteiger partial charge on any atom is -0.389 e.